The Morgan fingerprint density at radius 1 is 1.21 bits per heavy atom. The summed E-state index contributed by atoms with van der Waals surface area (Å²) in [5.41, 5.74) is 1.38. The van der Waals surface area contributed by atoms with Crippen molar-refractivity contribution in [2.75, 3.05) is 12.9 Å². The van der Waals surface area contributed by atoms with Gasteiger partial charge in [-0.2, -0.15) is 0 Å². The molecule has 0 unspecified atom stereocenters. The molecule has 0 amide bonds. The maximum Gasteiger partial charge on any atom is 0.309 e. The van der Waals surface area contributed by atoms with Crippen molar-refractivity contribution in [2.24, 2.45) is 5.92 Å². The number of benzene rings is 1. The Balaban J connectivity index is 2.92. The molecule has 0 aromatic heterocycles. The highest BCUT2D eigenvalue weighted by Gasteiger charge is 2.17. The molecule has 0 aliphatic rings. The van der Waals surface area contributed by atoms with Crippen molar-refractivity contribution >= 4 is 15.8 Å². The molecule has 19 heavy (non-hydrogen) atoms. The number of carbonyl (C=O) groups excluding carboxylic acids is 1. The SMILES string of the molecule is COC(=O)Cc1ccccc1CS(=O)(=O)CC(C)C. The molecule has 1 aromatic rings. The van der Waals surface area contributed by atoms with E-state index in [9.17, 15) is 13.2 Å². The third-order valence-corrected chi connectivity index (χ3v) is 4.57. The molecule has 1 aromatic carbocycles. The van der Waals surface area contributed by atoms with Gasteiger partial charge in [-0.05, 0) is 17.0 Å². The van der Waals surface area contributed by atoms with E-state index < -0.39 is 9.84 Å². The minimum atomic E-state index is -3.15. The Morgan fingerprint density at radius 3 is 2.32 bits per heavy atom. The Kier molecular flexibility index (Phi) is 5.54. The molecule has 0 spiro atoms. The minimum absolute atomic E-state index is 0.0294. The minimum Gasteiger partial charge on any atom is -0.469 e. The zero-order chi connectivity index (χ0) is 14.5. The number of methoxy groups -OCH3 is 1. The molecule has 4 nitrogen and oxygen atoms in total. The number of hydrogen-bond donors (Lipinski definition) is 0. The van der Waals surface area contributed by atoms with Crippen LogP contribution in [0.15, 0.2) is 24.3 Å². The molecule has 0 N–H and O–H groups in total. The van der Waals surface area contributed by atoms with Crippen molar-refractivity contribution in [2.45, 2.75) is 26.0 Å². The first-order valence-electron chi connectivity index (χ1n) is 6.18. The summed E-state index contributed by atoms with van der Waals surface area (Å²) in [6, 6.07) is 7.07. The van der Waals surface area contributed by atoms with E-state index in [1.54, 1.807) is 24.3 Å². The summed E-state index contributed by atoms with van der Waals surface area (Å²) in [5, 5.41) is 0. The van der Waals surface area contributed by atoms with Gasteiger partial charge in [-0.3, -0.25) is 4.79 Å². The first-order valence-corrected chi connectivity index (χ1v) is 8.00. The Labute approximate surface area is 114 Å². The third-order valence-electron chi connectivity index (χ3n) is 2.64. The highest BCUT2D eigenvalue weighted by atomic mass is 32.2. The predicted molar refractivity (Wildman–Crippen MR) is 74.5 cm³/mol. The largest absolute Gasteiger partial charge is 0.469 e. The molecule has 0 aliphatic carbocycles. The Hall–Kier alpha value is -1.36. The second kappa shape index (κ2) is 6.70. The molecular formula is C14H20O4S. The molecule has 106 valence electrons. The summed E-state index contributed by atoms with van der Waals surface area (Å²) in [5.74, 6) is -0.149. The predicted octanol–water partition coefficient (Wildman–Crippen LogP) is 1.97. The van der Waals surface area contributed by atoms with Gasteiger partial charge in [-0.1, -0.05) is 38.1 Å². The van der Waals surface area contributed by atoms with E-state index in [4.69, 9.17) is 0 Å². The zero-order valence-corrected chi connectivity index (χ0v) is 12.4. The van der Waals surface area contributed by atoms with Crippen molar-refractivity contribution in [3.63, 3.8) is 0 Å². The fourth-order valence-electron chi connectivity index (χ4n) is 1.90. The Morgan fingerprint density at radius 2 is 1.79 bits per heavy atom. The molecule has 0 radical (unpaired) electrons. The summed E-state index contributed by atoms with van der Waals surface area (Å²) in [6.07, 6.45) is 0.101. The second-order valence-electron chi connectivity index (χ2n) is 4.97. The maximum atomic E-state index is 12.0. The smallest absolute Gasteiger partial charge is 0.309 e. The van der Waals surface area contributed by atoms with E-state index in [2.05, 4.69) is 4.74 Å². The van der Waals surface area contributed by atoms with Crippen LogP contribution in [-0.4, -0.2) is 27.2 Å². The summed E-state index contributed by atoms with van der Waals surface area (Å²) >= 11 is 0. The molecule has 0 fully saturated rings. The zero-order valence-electron chi connectivity index (χ0n) is 11.5. The average Bonchev–Trinajstić information content (AvgIpc) is 2.29. The molecule has 1 rings (SSSR count). The van der Waals surface area contributed by atoms with Crippen molar-refractivity contribution < 1.29 is 17.9 Å². The monoisotopic (exact) mass is 284 g/mol. The first-order chi connectivity index (χ1) is 8.84. The number of carbonyl (C=O) groups is 1. The topological polar surface area (TPSA) is 60.4 Å². The van der Waals surface area contributed by atoms with Gasteiger partial charge in [0, 0.05) is 0 Å². The van der Waals surface area contributed by atoms with Crippen LogP contribution in [0.25, 0.3) is 0 Å². The third kappa shape index (κ3) is 5.42. The van der Waals surface area contributed by atoms with Crippen LogP contribution >= 0.6 is 0 Å². The maximum absolute atomic E-state index is 12.0. The highest BCUT2D eigenvalue weighted by molar-refractivity contribution is 7.90. The van der Waals surface area contributed by atoms with Crippen LogP contribution in [0.4, 0.5) is 0 Å². The number of hydrogen-bond acceptors (Lipinski definition) is 4. The average molecular weight is 284 g/mol. The lowest BCUT2D eigenvalue weighted by Crippen LogP contribution is -2.15. The lowest BCUT2D eigenvalue weighted by Gasteiger charge is -2.10. The molecular weight excluding hydrogens is 264 g/mol. The van der Waals surface area contributed by atoms with E-state index in [-0.39, 0.29) is 29.8 Å². The number of rotatable bonds is 6. The lowest BCUT2D eigenvalue weighted by atomic mass is 10.1. The number of ether oxygens (including phenoxy) is 1. The lowest BCUT2D eigenvalue weighted by molar-refractivity contribution is -0.139. The van der Waals surface area contributed by atoms with Crippen LogP contribution in [0.5, 0.6) is 0 Å². The number of esters is 1. The van der Waals surface area contributed by atoms with Gasteiger partial charge < -0.3 is 4.74 Å². The quantitative estimate of drug-likeness (QED) is 0.749. The van der Waals surface area contributed by atoms with Crippen molar-refractivity contribution in [1.29, 1.82) is 0 Å². The van der Waals surface area contributed by atoms with Gasteiger partial charge >= 0.3 is 5.97 Å². The van der Waals surface area contributed by atoms with Gasteiger partial charge in [0.05, 0.1) is 25.0 Å². The molecule has 0 aliphatic heterocycles. The molecule has 0 saturated heterocycles. The summed E-state index contributed by atoms with van der Waals surface area (Å²) in [6.45, 7) is 3.75. The summed E-state index contributed by atoms with van der Waals surface area (Å²) in [4.78, 5) is 11.3. The van der Waals surface area contributed by atoms with Gasteiger partial charge in [-0.15, -0.1) is 0 Å². The van der Waals surface area contributed by atoms with Crippen LogP contribution in [0.3, 0.4) is 0 Å². The molecule has 0 bridgehead atoms. The molecule has 5 heteroatoms. The van der Waals surface area contributed by atoms with Gasteiger partial charge in [-0.25, -0.2) is 8.42 Å². The van der Waals surface area contributed by atoms with Gasteiger partial charge in [0.15, 0.2) is 9.84 Å². The van der Waals surface area contributed by atoms with Crippen molar-refractivity contribution in [3.05, 3.63) is 35.4 Å². The van der Waals surface area contributed by atoms with Gasteiger partial charge in [0.2, 0.25) is 0 Å². The van der Waals surface area contributed by atoms with E-state index >= 15 is 0 Å². The van der Waals surface area contributed by atoms with E-state index in [0.717, 1.165) is 0 Å². The standard InChI is InChI=1S/C14H20O4S/c1-11(2)9-19(16,17)10-13-7-5-4-6-12(13)8-14(15)18-3/h4-7,11H,8-10H2,1-3H3. The van der Waals surface area contributed by atoms with E-state index in [1.807, 2.05) is 13.8 Å². The fraction of sp³-hybridized carbons (Fsp3) is 0.500. The second-order valence-corrected chi connectivity index (χ2v) is 7.08. The molecule has 0 heterocycles. The van der Waals surface area contributed by atoms with Gasteiger partial charge in [0.25, 0.3) is 0 Å². The van der Waals surface area contributed by atoms with E-state index in [0.29, 0.717) is 11.1 Å². The van der Waals surface area contributed by atoms with Crippen molar-refractivity contribution in [1.82, 2.24) is 0 Å². The van der Waals surface area contributed by atoms with Crippen LogP contribution in [0.2, 0.25) is 0 Å². The van der Waals surface area contributed by atoms with Crippen LogP contribution < -0.4 is 0 Å². The first kappa shape index (κ1) is 15.7. The number of sulfone groups is 1. The Bertz CT molecular complexity index is 532. The highest BCUT2D eigenvalue weighted by Crippen LogP contribution is 2.15. The van der Waals surface area contributed by atoms with Crippen LogP contribution in [-0.2, 0) is 31.5 Å². The van der Waals surface area contributed by atoms with Crippen molar-refractivity contribution in [3.8, 4) is 0 Å². The van der Waals surface area contributed by atoms with Crippen LogP contribution in [0, 0.1) is 5.92 Å². The van der Waals surface area contributed by atoms with E-state index in [1.165, 1.54) is 7.11 Å². The van der Waals surface area contributed by atoms with Gasteiger partial charge in [0.1, 0.15) is 0 Å². The molecule has 0 saturated carbocycles. The fourth-order valence-corrected chi connectivity index (χ4v) is 3.79. The molecule has 0 atom stereocenters. The normalized spacial score (nSPS) is 11.6. The summed E-state index contributed by atoms with van der Waals surface area (Å²) in [7, 11) is -1.83. The van der Waals surface area contributed by atoms with Crippen LogP contribution in [0.1, 0.15) is 25.0 Å². The summed E-state index contributed by atoms with van der Waals surface area (Å²) < 4.78 is 28.6.